The Morgan fingerprint density at radius 3 is 2.48 bits per heavy atom. The van der Waals surface area contributed by atoms with Crippen LogP contribution in [0.1, 0.15) is 22.0 Å². The molecular weight excluding hydrogens is 420 g/mol. The van der Waals surface area contributed by atoms with Gasteiger partial charge in [0.05, 0.1) is 16.5 Å². The largest absolute Gasteiger partial charge is 0.332 e. The number of carbonyl (C=O) groups is 1. The minimum atomic E-state index is -4.04. The molecule has 0 aliphatic carbocycles. The van der Waals surface area contributed by atoms with E-state index in [0.717, 1.165) is 18.2 Å². The van der Waals surface area contributed by atoms with Crippen LogP contribution in [0.5, 0.6) is 0 Å². The van der Waals surface area contributed by atoms with E-state index in [0.29, 0.717) is 6.07 Å². The Bertz CT molecular complexity index is 990. The molecule has 0 heterocycles. The van der Waals surface area contributed by atoms with Crippen molar-refractivity contribution in [3.8, 4) is 6.07 Å². The maximum Gasteiger partial charge on any atom is 0.253 e. The Hall–Kier alpha value is -2.35. The first-order valence-corrected chi connectivity index (χ1v) is 8.95. The zero-order valence-electron chi connectivity index (χ0n) is 12.3. The van der Waals surface area contributed by atoms with Gasteiger partial charge in [0.15, 0.2) is 0 Å². The van der Waals surface area contributed by atoms with Gasteiger partial charge in [0.2, 0.25) is 10.0 Å². The average Bonchev–Trinajstić information content (AvgIpc) is 2.52. The van der Waals surface area contributed by atoms with Gasteiger partial charge in [0.1, 0.15) is 17.7 Å². The Morgan fingerprint density at radius 1 is 1.24 bits per heavy atom. The molecule has 1 amide bonds. The van der Waals surface area contributed by atoms with E-state index in [1.807, 2.05) is 0 Å². The van der Waals surface area contributed by atoms with Crippen molar-refractivity contribution in [2.45, 2.75) is 10.9 Å². The molecule has 10 heteroatoms. The molecule has 6 nitrogen and oxygen atoms in total. The number of benzene rings is 2. The number of primary sulfonamides is 1. The summed E-state index contributed by atoms with van der Waals surface area (Å²) in [7, 11) is -4.04. The lowest BCUT2D eigenvalue weighted by Gasteiger charge is -2.14. The van der Waals surface area contributed by atoms with Gasteiger partial charge >= 0.3 is 0 Å². The van der Waals surface area contributed by atoms with E-state index in [2.05, 4.69) is 21.2 Å². The number of nitrogens with zero attached hydrogens (tertiary/aromatic N) is 1. The van der Waals surface area contributed by atoms with Crippen LogP contribution < -0.4 is 10.5 Å². The number of hydrogen-bond acceptors (Lipinski definition) is 4. The van der Waals surface area contributed by atoms with E-state index in [9.17, 15) is 22.0 Å². The quantitative estimate of drug-likeness (QED) is 0.776. The number of nitriles is 1. The summed E-state index contributed by atoms with van der Waals surface area (Å²) in [6.07, 6.45) is 0. The number of sulfonamides is 1. The molecule has 0 aliphatic heterocycles. The van der Waals surface area contributed by atoms with Crippen molar-refractivity contribution in [2.75, 3.05) is 0 Å². The number of hydrogen-bond donors (Lipinski definition) is 2. The molecule has 1 atom stereocenters. The minimum Gasteiger partial charge on any atom is -0.332 e. The summed E-state index contributed by atoms with van der Waals surface area (Å²) in [5, 5.41) is 16.4. The summed E-state index contributed by atoms with van der Waals surface area (Å²) >= 11 is 3.09. The number of rotatable bonds is 4. The highest BCUT2D eigenvalue weighted by atomic mass is 79.9. The van der Waals surface area contributed by atoms with Crippen LogP contribution in [0.4, 0.5) is 8.78 Å². The highest BCUT2D eigenvalue weighted by molar-refractivity contribution is 9.10. The van der Waals surface area contributed by atoms with Crippen LogP contribution in [0, 0.1) is 23.0 Å². The highest BCUT2D eigenvalue weighted by Crippen LogP contribution is 2.23. The van der Waals surface area contributed by atoms with Crippen LogP contribution in [0.25, 0.3) is 0 Å². The molecular formula is C15H10BrF2N3O3S. The number of halogens is 3. The van der Waals surface area contributed by atoms with Gasteiger partial charge in [-0.1, -0.05) is 6.07 Å². The van der Waals surface area contributed by atoms with Crippen molar-refractivity contribution >= 4 is 31.9 Å². The van der Waals surface area contributed by atoms with E-state index < -0.39 is 33.6 Å². The lowest BCUT2D eigenvalue weighted by molar-refractivity contribution is 0.0943. The van der Waals surface area contributed by atoms with Gasteiger partial charge in [0.25, 0.3) is 5.91 Å². The van der Waals surface area contributed by atoms with Gasteiger partial charge < -0.3 is 5.32 Å². The summed E-state index contributed by atoms with van der Waals surface area (Å²) in [5.74, 6) is -2.66. The fraction of sp³-hybridized carbons (Fsp3) is 0.0667. The van der Waals surface area contributed by atoms with Gasteiger partial charge in [-0.2, -0.15) is 5.26 Å². The maximum atomic E-state index is 13.8. The first kappa shape index (κ1) is 19.0. The third-order valence-electron chi connectivity index (χ3n) is 3.19. The van der Waals surface area contributed by atoms with Gasteiger partial charge in [-0.05, 0) is 40.2 Å². The highest BCUT2D eigenvalue weighted by Gasteiger charge is 2.21. The summed E-state index contributed by atoms with van der Waals surface area (Å²) in [6, 6.07) is 6.37. The van der Waals surface area contributed by atoms with Crippen LogP contribution in [0.2, 0.25) is 0 Å². The number of nitrogens with one attached hydrogen (secondary N) is 1. The van der Waals surface area contributed by atoms with Crippen LogP contribution in [0.15, 0.2) is 45.8 Å². The van der Waals surface area contributed by atoms with Gasteiger partial charge in [-0.25, -0.2) is 22.3 Å². The summed E-state index contributed by atoms with van der Waals surface area (Å²) in [5.41, 5.74) is -0.342. The molecule has 2 rings (SSSR count). The Morgan fingerprint density at radius 2 is 1.92 bits per heavy atom. The van der Waals surface area contributed by atoms with Crippen molar-refractivity contribution in [3.63, 3.8) is 0 Å². The van der Waals surface area contributed by atoms with Crippen molar-refractivity contribution in [3.05, 3.63) is 63.6 Å². The van der Waals surface area contributed by atoms with E-state index in [1.165, 1.54) is 12.1 Å². The number of carbonyl (C=O) groups excluding carboxylic acids is 1. The third-order valence-corrected chi connectivity index (χ3v) is 4.79. The second-order valence-corrected chi connectivity index (χ2v) is 7.30. The Labute approximate surface area is 150 Å². The molecule has 25 heavy (non-hydrogen) atoms. The summed E-state index contributed by atoms with van der Waals surface area (Å²) < 4.78 is 49.8. The van der Waals surface area contributed by atoms with Crippen molar-refractivity contribution in [1.82, 2.24) is 5.32 Å². The predicted octanol–water partition coefficient (Wildman–Crippen LogP) is 2.37. The normalized spacial score (nSPS) is 12.3. The first-order chi connectivity index (χ1) is 11.6. The van der Waals surface area contributed by atoms with Crippen molar-refractivity contribution in [2.24, 2.45) is 5.14 Å². The number of nitrogens with two attached hydrogens (primary N) is 1. The lowest BCUT2D eigenvalue weighted by atomic mass is 10.1. The monoisotopic (exact) mass is 429 g/mol. The SMILES string of the molecule is N#CC(NC(=O)c1cc(S(N)(=O)=O)ccc1Br)c1ccc(F)cc1F. The van der Waals surface area contributed by atoms with E-state index in [-0.39, 0.29) is 20.5 Å². The van der Waals surface area contributed by atoms with Gasteiger partial charge in [-0.15, -0.1) is 0 Å². The van der Waals surface area contributed by atoms with Gasteiger partial charge in [-0.3, -0.25) is 4.79 Å². The zero-order chi connectivity index (χ0) is 18.8. The molecule has 0 aromatic heterocycles. The standard InChI is InChI=1S/C15H10BrF2N3O3S/c16-12-4-2-9(25(20,23)24)6-11(12)15(22)21-14(7-19)10-3-1-8(17)5-13(10)18/h1-6,14H,(H,21,22)(H2,20,23,24). The molecule has 0 saturated heterocycles. The average molecular weight is 430 g/mol. The summed E-state index contributed by atoms with van der Waals surface area (Å²) in [4.78, 5) is 12.0. The maximum absolute atomic E-state index is 13.8. The van der Waals surface area contributed by atoms with Crippen LogP contribution in [-0.2, 0) is 10.0 Å². The predicted molar refractivity (Wildman–Crippen MR) is 87.7 cm³/mol. The van der Waals surface area contributed by atoms with Crippen molar-refractivity contribution in [1.29, 1.82) is 5.26 Å². The molecule has 0 bridgehead atoms. The molecule has 0 radical (unpaired) electrons. The van der Waals surface area contributed by atoms with Crippen LogP contribution in [0.3, 0.4) is 0 Å². The molecule has 2 aromatic rings. The second kappa shape index (κ2) is 7.26. The minimum absolute atomic E-state index is 0.116. The van der Waals surface area contributed by atoms with Crippen molar-refractivity contribution < 1.29 is 22.0 Å². The lowest BCUT2D eigenvalue weighted by Crippen LogP contribution is -2.29. The molecule has 0 fully saturated rings. The fourth-order valence-electron chi connectivity index (χ4n) is 1.98. The van der Waals surface area contributed by atoms with E-state index in [4.69, 9.17) is 10.4 Å². The zero-order valence-corrected chi connectivity index (χ0v) is 14.7. The first-order valence-electron chi connectivity index (χ1n) is 6.61. The smallest absolute Gasteiger partial charge is 0.253 e. The summed E-state index contributed by atoms with van der Waals surface area (Å²) in [6.45, 7) is 0. The topological polar surface area (TPSA) is 113 Å². The molecule has 0 aliphatic rings. The fourth-order valence-corrected chi connectivity index (χ4v) is 2.95. The van der Waals surface area contributed by atoms with Gasteiger partial charge in [0, 0.05) is 16.1 Å². The van der Waals surface area contributed by atoms with Crippen LogP contribution >= 0.6 is 15.9 Å². The molecule has 1 unspecified atom stereocenters. The van der Waals surface area contributed by atoms with Crippen LogP contribution in [-0.4, -0.2) is 14.3 Å². The molecule has 130 valence electrons. The Balaban J connectivity index is 2.36. The Kier molecular flexibility index (Phi) is 5.52. The number of amides is 1. The molecule has 3 N–H and O–H groups in total. The molecule has 0 saturated carbocycles. The second-order valence-electron chi connectivity index (χ2n) is 4.89. The molecule has 2 aromatic carbocycles. The van der Waals surface area contributed by atoms with E-state index >= 15 is 0 Å². The third kappa shape index (κ3) is 4.39. The molecule has 0 spiro atoms. The van der Waals surface area contributed by atoms with E-state index in [1.54, 1.807) is 6.07 Å².